The van der Waals surface area contributed by atoms with Gasteiger partial charge in [0.2, 0.25) is 0 Å². The van der Waals surface area contributed by atoms with E-state index in [2.05, 4.69) is 61.5 Å². The van der Waals surface area contributed by atoms with Crippen molar-refractivity contribution < 1.29 is 9.53 Å². The molecular formula is C26H30O2. The highest BCUT2D eigenvalue weighted by Crippen LogP contribution is 2.45. The third-order valence-corrected chi connectivity index (χ3v) is 6.62. The van der Waals surface area contributed by atoms with Crippen LogP contribution in [0, 0.1) is 5.41 Å². The first-order valence-electron chi connectivity index (χ1n) is 10.6. The van der Waals surface area contributed by atoms with E-state index in [9.17, 15) is 4.79 Å². The molecule has 1 fully saturated rings. The van der Waals surface area contributed by atoms with Crippen molar-refractivity contribution in [2.75, 3.05) is 0 Å². The molecule has 0 spiro atoms. The Hall–Kier alpha value is -2.35. The molecule has 0 aliphatic heterocycles. The normalized spacial score (nSPS) is 17.0. The van der Waals surface area contributed by atoms with Crippen LogP contribution in [-0.2, 0) is 15.1 Å². The Balaban J connectivity index is 1.87. The van der Waals surface area contributed by atoms with Crippen LogP contribution in [0.4, 0.5) is 0 Å². The Morgan fingerprint density at radius 1 is 0.929 bits per heavy atom. The van der Waals surface area contributed by atoms with Gasteiger partial charge in [-0.25, -0.2) is 0 Å². The lowest BCUT2D eigenvalue weighted by Crippen LogP contribution is -2.39. The van der Waals surface area contributed by atoms with Gasteiger partial charge in [-0.15, -0.1) is 0 Å². The lowest BCUT2D eigenvalue weighted by atomic mass is 9.77. The van der Waals surface area contributed by atoms with E-state index < -0.39 is 11.0 Å². The fraction of sp³-hybridized carbons (Fsp3) is 0.423. The molecule has 0 aromatic heterocycles. The molecule has 3 aromatic carbocycles. The third kappa shape index (κ3) is 3.30. The zero-order chi connectivity index (χ0) is 19.8. The summed E-state index contributed by atoms with van der Waals surface area (Å²) in [5.74, 6) is -0.0744. The first kappa shape index (κ1) is 19.0. The molecule has 0 heterocycles. The molecule has 2 nitrogen and oxygen atoms in total. The summed E-state index contributed by atoms with van der Waals surface area (Å²) in [5, 5.41) is 4.90. The van der Waals surface area contributed by atoms with Gasteiger partial charge in [0.25, 0.3) is 0 Å². The van der Waals surface area contributed by atoms with Crippen molar-refractivity contribution >= 4 is 27.5 Å². The highest BCUT2D eigenvalue weighted by atomic mass is 16.6. The Kier molecular flexibility index (Phi) is 4.91. The van der Waals surface area contributed by atoms with E-state index in [1.807, 2.05) is 13.8 Å². The average molecular weight is 375 g/mol. The molecular weight excluding hydrogens is 344 g/mol. The molecule has 4 rings (SSSR count). The van der Waals surface area contributed by atoms with E-state index in [1.165, 1.54) is 33.5 Å². The summed E-state index contributed by atoms with van der Waals surface area (Å²) >= 11 is 0. The van der Waals surface area contributed by atoms with Crippen molar-refractivity contribution in [1.29, 1.82) is 0 Å². The fourth-order valence-corrected chi connectivity index (χ4v) is 4.37. The van der Waals surface area contributed by atoms with Gasteiger partial charge in [-0.1, -0.05) is 55.8 Å². The SMILES string of the molecule is CCC(C)(C)C(=O)OC1(c2cccc3cc4ccccc4cc23)CCCCC1. The molecule has 0 bridgehead atoms. The summed E-state index contributed by atoms with van der Waals surface area (Å²) in [7, 11) is 0. The molecule has 146 valence electrons. The second-order valence-corrected chi connectivity index (χ2v) is 8.91. The second-order valence-electron chi connectivity index (χ2n) is 8.91. The van der Waals surface area contributed by atoms with Crippen LogP contribution in [0.2, 0.25) is 0 Å². The minimum Gasteiger partial charge on any atom is -0.454 e. The van der Waals surface area contributed by atoms with Crippen LogP contribution in [0.15, 0.2) is 54.6 Å². The molecule has 1 aliphatic rings. The van der Waals surface area contributed by atoms with Gasteiger partial charge in [-0.3, -0.25) is 4.79 Å². The van der Waals surface area contributed by atoms with Crippen molar-refractivity contribution in [1.82, 2.24) is 0 Å². The summed E-state index contributed by atoms with van der Waals surface area (Å²) in [6.45, 7) is 6.03. The quantitative estimate of drug-likeness (QED) is 0.358. The van der Waals surface area contributed by atoms with E-state index in [0.717, 1.165) is 32.1 Å². The van der Waals surface area contributed by atoms with Crippen molar-refractivity contribution in [3.05, 3.63) is 60.2 Å². The standard InChI is InChI=1S/C26H30O2/c1-4-25(2,3)24(27)28-26(15-8-5-9-16-26)23-14-10-13-21-17-19-11-6-7-12-20(19)18-22(21)23/h6-7,10-14,17-18H,4-5,8-9,15-16H2,1-3H3. The van der Waals surface area contributed by atoms with Crippen molar-refractivity contribution in [2.45, 2.75) is 64.9 Å². The maximum absolute atomic E-state index is 13.1. The van der Waals surface area contributed by atoms with Crippen molar-refractivity contribution in [2.24, 2.45) is 5.41 Å². The molecule has 0 radical (unpaired) electrons. The van der Waals surface area contributed by atoms with E-state index in [4.69, 9.17) is 4.74 Å². The molecule has 1 saturated carbocycles. The third-order valence-electron chi connectivity index (χ3n) is 6.62. The molecule has 2 heteroatoms. The molecule has 1 aliphatic carbocycles. The van der Waals surface area contributed by atoms with Crippen LogP contribution in [0.25, 0.3) is 21.5 Å². The van der Waals surface area contributed by atoms with Gasteiger partial charge in [0, 0.05) is 5.56 Å². The van der Waals surface area contributed by atoms with Crippen molar-refractivity contribution in [3.63, 3.8) is 0 Å². The topological polar surface area (TPSA) is 26.3 Å². The minimum absolute atomic E-state index is 0.0744. The number of rotatable bonds is 4. The summed E-state index contributed by atoms with van der Waals surface area (Å²) in [4.78, 5) is 13.1. The number of hydrogen-bond acceptors (Lipinski definition) is 2. The first-order chi connectivity index (χ1) is 13.5. The lowest BCUT2D eigenvalue weighted by Gasteiger charge is -2.40. The summed E-state index contributed by atoms with van der Waals surface area (Å²) in [6, 6.07) is 19.5. The van der Waals surface area contributed by atoms with Crippen LogP contribution in [-0.4, -0.2) is 5.97 Å². The zero-order valence-corrected chi connectivity index (χ0v) is 17.3. The number of ether oxygens (including phenoxy) is 1. The maximum atomic E-state index is 13.1. The minimum atomic E-state index is -0.510. The van der Waals surface area contributed by atoms with E-state index in [-0.39, 0.29) is 5.97 Å². The number of esters is 1. The van der Waals surface area contributed by atoms with Crippen LogP contribution in [0.1, 0.15) is 64.9 Å². The molecule has 0 N–H and O–H groups in total. The molecule has 3 aromatic rings. The Bertz CT molecular complexity index is 1010. The van der Waals surface area contributed by atoms with Gasteiger partial charge in [-0.2, -0.15) is 0 Å². The first-order valence-corrected chi connectivity index (χ1v) is 10.6. The number of hydrogen-bond donors (Lipinski definition) is 0. The molecule has 0 saturated heterocycles. The Morgan fingerprint density at radius 3 is 2.25 bits per heavy atom. The second kappa shape index (κ2) is 7.24. The predicted molar refractivity (Wildman–Crippen MR) is 116 cm³/mol. The molecule has 0 amide bonds. The summed E-state index contributed by atoms with van der Waals surface area (Å²) < 4.78 is 6.40. The summed E-state index contributed by atoms with van der Waals surface area (Å²) in [6.07, 6.45) is 6.01. The van der Waals surface area contributed by atoms with Gasteiger partial charge in [0.05, 0.1) is 5.41 Å². The number of carbonyl (C=O) groups is 1. The van der Waals surface area contributed by atoms with Gasteiger partial charge >= 0.3 is 5.97 Å². The van der Waals surface area contributed by atoms with E-state index >= 15 is 0 Å². The Labute approximate surface area is 167 Å². The number of fused-ring (bicyclic) bond motifs is 2. The van der Waals surface area contributed by atoms with Gasteiger partial charge in [0.15, 0.2) is 0 Å². The molecule has 0 unspecified atom stereocenters. The Morgan fingerprint density at radius 2 is 1.57 bits per heavy atom. The largest absolute Gasteiger partial charge is 0.454 e. The predicted octanol–water partition coefficient (Wildman–Crippen LogP) is 7.13. The van der Waals surface area contributed by atoms with E-state index in [1.54, 1.807) is 0 Å². The number of carbonyl (C=O) groups excluding carboxylic acids is 1. The van der Waals surface area contributed by atoms with Gasteiger partial charge in [-0.05, 0) is 79.6 Å². The van der Waals surface area contributed by atoms with Crippen molar-refractivity contribution in [3.8, 4) is 0 Å². The van der Waals surface area contributed by atoms with Crippen LogP contribution >= 0.6 is 0 Å². The van der Waals surface area contributed by atoms with Gasteiger partial charge < -0.3 is 4.74 Å². The highest BCUT2D eigenvalue weighted by molar-refractivity contribution is 6.00. The monoisotopic (exact) mass is 374 g/mol. The number of benzene rings is 3. The van der Waals surface area contributed by atoms with Crippen LogP contribution in [0.3, 0.4) is 0 Å². The smallest absolute Gasteiger partial charge is 0.312 e. The highest BCUT2D eigenvalue weighted by Gasteiger charge is 2.42. The van der Waals surface area contributed by atoms with Crippen LogP contribution < -0.4 is 0 Å². The molecule has 28 heavy (non-hydrogen) atoms. The van der Waals surface area contributed by atoms with Crippen LogP contribution in [0.5, 0.6) is 0 Å². The lowest BCUT2D eigenvalue weighted by molar-refractivity contribution is -0.176. The fourth-order valence-electron chi connectivity index (χ4n) is 4.37. The van der Waals surface area contributed by atoms with Gasteiger partial charge in [0.1, 0.15) is 5.60 Å². The molecule has 0 atom stereocenters. The average Bonchev–Trinajstić information content (AvgIpc) is 2.72. The zero-order valence-electron chi connectivity index (χ0n) is 17.3. The summed E-state index contributed by atoms with van der Waals surface area (Å²) in [5.41, 5.74) is 0.210. The van der Waals surface area contributed by atoms with E-state index in [0.29, 0.717) is 0 Å². The maximum Gasteiger partial charge on any atom is 0.312 e.